The zero-order chi connectivity index (χ0) is 26.0. The normalized spacial score (nSPS) is 16.2. The summed E-state index contributed by atoms with van der Waals surface area (Å²) in [5.74, 6) is 1.24. The van der Waals surface area contributed by atoms with Crippen LogP contribution in [0.1, 0.15) is 24.1 Å². The lowest BCUT2D eigenvalue weighted by atomic mass is 9.99. The fourth-order valence-corrected chi connectivity index (χ4v) is 4.35. The van der Waals surface area contributed by atoms with Crippen LogP contribution in [0.5, 0.6) is 5.75 Å². The van der Waals surface area contributed by atoms with Gasteiger partial charge >= 0.3 is 6.36 Å². The van der Waals surface area contributed by atoms with Crippen molar-refractivity contribution in [2.45, 2.75) is 32.7 Å². The highest BCUT2D eigenvalue weighted by Gasteiger charge is 2.31. The molecule has 194 valence electrons. The van der Waals surface area contributed by atoms with Crippen LogP contribution in [0.25, 0.3) is 23.0 Å². The number of benzene rings is 1. The standard InChI is InChI=1S/C25H25F3N6O3/c1-16-11-21(24-30-23(32-37-24)19-4-6-20(7-5-19)36-25(26,27)28)31-34(16)14-17-8-9-29-22(12-17)33-10-2-3-18(13-33)15-35/h4-9,11-12,18,35H,2-3,10,13-15H2,1H3. The van der Waals surface area contributed by atoms with Gasteiger partial charge in [0.2, 0.25) is 5.82 Å². The summed E-state index contributed by atoms with van der Waals surface area (Å²) in [4.78, 5) is 11.1. The average molecular weight is 515 g/mol. The van der Waals surface area contributed by atoms with Gasteiger partial charge in [-0.1, -0.05) is 5.16 Å². The summed E-state index contributed by atoms with van der Waals surface area (Å²) in [5, 5.41) is 18.1. The number of aromatic nitrogens is 5. The number of hydrogen-bond acceptors (Lipinski definition) is 8. The average Bonchev–Trinajstić information content (AvgIpc) is 3.51. The number of hydrogen-bond donors (Lipinski definition) is 1. The second-order valence-electron chi connectivity index (χ2n) is 8.98. The van der Waals surface area contributed by atoms with Gasteiger partial charge < -0.3 is 19.3 Å². The van der Waals surface area contributed by atoms with E-state index in [0.717, 1.165) is 43.0 Å². The zero-order valence-electron chi connectivity index (χ0n) is 20.0. The summed E-state index contributed by atoms with van der Waals surface area (Å²) < 4.78 is 48.2. The molecule has 9 nitrogen and oxygen atoms in total. The Labute approximate surface area is 210 Å². The molecule has 1 atom stereocenters. The molecule has 0 aliphatic carbocycles. The van der Waals surface area contributed by atoms with E-state index in [4.69, 9.17) is 4.52 Å². The van der Waals surface area contributed by atoms with Gasteiger partial charge in [-0.05, 0) is 73.7 Å². The van der Waals surface area contributed by atoms with Crippen molar-refractivity contribution in [3.8, 4) is 28.7 Å². The number of piperidine rings is 1. The summed E-state index contributed by atoms with van der Waals surface area (Å²) >= 11 is 0. The molecule has 1 fully saturated rings. The van der Waals surface area contributed by atoms with Gasteiger partial charge in [-0.3, -0.25) is 4.68 Å². The molecule has 1 aliphatic heterocycles. The van der Waals surface area contributed by atoms with E-state index in [1.807, 2.05) is 29.8 Å². The van der Waals surface area contributed by atoms with E-state index in [0.29, 0.717) is 17.8 Å². The molecule has 1 saturated heterocycles. The Hall–Kier alpha value is -3.93. The molecule has 0 radical (unpaired) electrons. The summed E-state index contributed by atoms with van der Waals surface area (Å²) in [6.45, 7) is 4.32. The summed E-state index contributed by atoms with van der Waals surface area (Å²) in [6, 6.07) is 11.0. The van der Waals surface area contributed by atoms with E-state index in [-0.39, 0.29) is 30.0 Å². The smallest absolute Gasteiger partial charge is 0.406 e. The number of halogens is 3. The zero-order valence-corrected chi connectivity index (χ0v) is 20.0. The van der Waals surface area contributed by atoms with Gasteiger partial charge in [0.05, 0.1) is 6.54 Å². The Balaban J connectivity index is 1.29. The fourth-order valence-electron chi connectivity index (χ4n) is 4.35. The molecule has 3 aromatic heterocycles. The number of alkyl halides is 3. The van der Waals surface area contributed by atoms with Gasteiger partial charge in [0.25, 0.3) is 5.89 Å². The topological polar surface area (TPSA) is 102 Å². The molecule has 0 saturated carbocycles. The van der Waals surface area contributed by atoms with E-state index in [2.05, 4.69) is 29.9 Å². The number of anilines is 1. The van der Waals surface area contributed by atoms with Crippen LogP contribution in [-0.4, -0.2) is 56.1 Å². The number of aryl methyl sites for hydroxylation is 1. The predicted molar refractivity (Wildman–Crippen MR) is 128 cm³/mol. The van der Waals surface area contributed by atoms with E-state index in [1.165, 1.54) is 24.3 Å². The molecule has 5 rings (SSSR count). The first kappa shape index (κ1) is 24.8. The van der Waals surface area contributed by atoms with Gasteiger partial charge in [-0.15, -0.1) is 13.2 Å². The molecular weight excluding hydrogens is 489 g/mol. The number of ether oxygens (including phenoxy) is 1. The quantitative estimate of drug-likeness (QED) is 0.386. The van der Waals surface area contributed by atoms with Gasteiger partial charge in [0, 0.05) is 37.2 Å². The molecule has 1 aromatic carbocycles. The van der Waals surface area contributed by atoms with E-state index < -0.39 is 6.36 Å². The highest BCUT2D eigenvalue weighted by Crippen LogP contribution is 2.27. The predicted octanol–water partition coefficient (Wildman–Crippen LogP) is 4.46. The van der Waals surface area contributed by atoms with Crippen LogP contribution in [0.4, 0.5) is 19.0 Å². The van der Waals surface area contributed by atoms with Crippen LogP contribution in [0.2, 0.25) is 0 Å². The van der Waals surface area contributed by atoms with Crippen LogP contribution < -0.4 is 9.64 Å². The lowest BCUT2D eigenvalue weighted by Crippen LogP contribution is -2.37. The van der Waals surface area contributed by atoms with Crippen LogP contribution in [0, 0.1) is 12.8 Å². The Morgan fingerprint density at radius 2 is 1.97 bits per heavy atom. The van der Waals surface area contributed by atoms with Crippen molar-refractivity contribution in [1.82, 2.24) is 24.9 Å². The summed E-state index contributed by atoms with van der Waals surface area (Å²) in [6.07, 6.45) is -0.929. The maximum atomic E-state index is 12.4. The number of pyridine rings is 1. The SMILES string of the molecule is Cc1cc(-c2nc(-c3ccc(OC(F)(F)F)cc3)no2)nn1Cc1ccnc(N2CCCC(CO)C2)c1. The Morgan fingerprint density at radius 3 is 2.73 bits per heavy atom. The molecule has 0 bridgehead atoms. The number of nitrogens with zero attached hydrogens (tertiary/aromatic N) is 6. The minimum atomic E-state index is -4.76. The molecule has 0 amide bonds. The molecule has 12 heteroatoms. The van der Waals surface area contributed by atoms with Gasteiger partial charge in [0.15, 0.2) is 5.69 Å². The second-order valence-corrected chi connectivity index (χ2v) is 8.98. The van der Waals surface area contributed by atoms with E-state index >= 15 is 0 Å². The lowest BCUT2D eigenvalue weighted by Gasteiger charge is -2.32. The molecular formula is C25H25F3N6O3. The van der Waals surface area contributed by atoms with Crippen LogP contribution in [-0.2, 0) is 6.54 Å². The Kier molecular flexibility index (Phi) is 6.83. The molecule has 1 unspecified atom stereocenters. The van der Waals surface area contributed by atoms with Crippen LogP contribution in [0.15, 0.2) is 53.2 Å². The number of aliphatic hydroxyl groups excluding tert-OH is 1. The van der Waals surface area contributed by atoms with Crippen LogP contribution >= 0.6 is 0 Å². The van der Waals surface area contributed by atoms with Gasteiger partial charge in [-0.2, -0.15) is 10.1 Å². The first-order valence-corrected chi connectivity index (χ1v) is 11.8. The van der Waals surface area contributed by atoms with Crippen molar-refractivity contribution < 1.29 is 27.5 Å². The van der Waals surface area contributed by atoms with Crippen molar-refractivity contribution in [1.29, 1.82) is 0 Å². The minimum absolute atomic E-state index is 0.181. The molecule has 1 N–H and O–H groups in total. The third-order valence-corrected chi connectivity index (χ3v) is 6.22. The fraction of sp³-hybridized carbons (Fsp3) is 0.360. The molecule has 0 spiro atoms. The van der Waals surface area contributed by atoms with Crippen molar-refractivity contribution in [3.63, 3.8) is 0 Å². The summed E-state index contributed by atoms with van der Waals surface area (Å²) in [5.41, 5.74) is 2.89. The number of rotatable bonds is 7. The maximum Gasteiger partial charge on any atom is 0.573 e. The second kappa shape index (κ2) is 10.2. The lowest BCUT2D eigenvalue weighted by molar-refractivity contribution is -0.274. The first-order chi connectivity index (χ1) is 17.8. The largest absolute Gasteiger partial charge is 0.573 e. The van der Waals surface area contributed by atoms with Crippen molar-refractivity contribution in [2.24, 2.45) is 5.92 Å². The van der Waals surface area contributed by atoms with Crippen molar-refractivity contribution in [2.75, 3.05) is 24.6 Å². The van der Waals surface area contributed by atoms with Crippen LogP contribution in [0.3, 0.4) is 0 Å². The Morgan fingerprint density at radius 1 is 1.16 bits per heavy atom. The van der Waals surface area contributed by atoms with E-state index in [9.17, 15) is 18.3 Å². The third kappa shape index (κ3) is 5.91. The molecule has 4 heterocycles. The molecule has 1 aliphatic rings. The van der Waals surface area contributed by atoms with Gasteiger partial charge in [0.1, 0.15) is 11.6 Å². The van der Waals surface area contributed by atoms with Crippen molar-refractivity contribution >= 4 is 5.82 Å². The minimum Gasteiger partial charge on any atom is -0.406 e. The third-order valence-electron chi connectivity index (χ3n) is 6.22. The summed E-state index contributed by atoms with van der Waals surface area (Å²) in [7, 11) is 0. The Bertz CT molecular complexity index is 1350. The van der Waals surface area contributed by atoms with Crippen molar-refractivity contribution in [3.05, 3.63) is 59.9 Å². The van der Waals surface area contributed by atoms with Gasteiger partial charge in [-0.25, -0.2) is 4.98 Å². The first-order valence-electron chi connectivity index (χ1n) is 11.8. The maximum absolute atomic E-state index is 12.4. The van der Waals surface area contributed by atoms with E-state index in [1.54, 1.807) is 6.20 Å². The highest BCUT2D eigenvalue weighted by atomic mass is 19.4. The molecule has 4 aromatic rings. The number of aliphatic hydroxyl groups is 1. The molecule has 37 heavy (non-hydrogen) atoms. The monoisotopic (exact) mass is 514 g/mol. The highest BCUT2D eigenvalue weighted by molar-refractivity contribution is 5.59.